The minimum Gasteiger partial charge on any atom is -0.435 e. The molecule has 0 saturated carbocycles. The molecule has 1 aromatic rings. The summed E-state index contributed by atoms with van der Waals surface area (Å²) in [5.74, 6) is 0.261. The zero-order valence-electron chi connectivity index (χ0n) is 10.1. The first-order valence-electron chi connectivity index (χ1n) is 5.87. The summed E-state index contributed by atoms with van der Waals surface area (Å²) in [5.41, 5.74) is 2.34. The Labute approximate surface area is 100 Å². The Balaban J connectivity index is 2.14. The fourth-order valence-corrected chi connectivity index (χ4v) is 2.17. The van der Waals surface area contributed by atoms with Crippen molar-refractivity contribution in [3.8, 4) is 5.75 Å². The number of alkyl halides is 2. The number of hydrogen-bond donors (Lipinski definition) is 0. The van der Waals surface area contributed by atoms with Gasteiger partial charge < -0.3 is 4.74 Å². The monoisotopic (exact) mass is 241 g/mol. The predicted octanol–water partition coefficient (Wildman–Crippen LogP) is 3.05. The van der Waals surface area contributed by atoms with Gasteiger partial charge in [-0.3, -0.25) is 4.90 Å². The lowest BCUT2D eigenvalue weighted by atomic mass is 9.98. The molecule has 0 N–H and O–H groups in total. The third-order valence-corrected chi connectivity index (χ3v) is 3.17. The Morgan fingerprint density at radius 2 is 2.00 bits per heavy atom. The maximum Gasteiger partial charge on any atom is 0.387 e. The van der Waals surface area contributed by atoms with Crippen LogP contribution in [0.2, 0.25) is 0 Å². The summed E-state index contributed by atoms with van der Waals surface area (Å²) < 4.78 is 28.6. The van der Waals surface area contributed by atoms with Crippen LogP contribution in [0, 0.1) is 0 Å². The Morgan fingerprint density at radius 3 is 2.65 bits per heavy atom. The van der Waals surface area contributed by atoms with Crippen molar-refractivity contribution in [3.63, 3.8) is 0 Å². The number of halogens is 2. The van der Waals surface area contributed by atoms with Gasteiger partial charge >= 0.3 is 6.61 Å². The Morgan fingerprint density at radius 1 is 1.24 bits per heavy atom. The minimum atomic E-state index is -2.75. The molecule has 0 fully saturated rings. The molecule has 4 heteroatoms. The maximum atomic E-state index is 12.1. The van der Waals surface area contributed by atoms with Gasteiger partial charge in [0, 0.05) is 19.1 Å². The third-order valence-electron chi connectivity index (χ3n) is 3.17. The van der Waals surface area contributed by atoms with Crippen molar-refractivity contribution in [2.24, 2.45) is 0 Å². The van der Waals surface area contributed by atoms with E-state index in [0.29, 0.717) is 6.04 Å². The van der Waals surface area contributed by atoms with Crippen LogP contribution >= 0.6 is 0 Å². The first kappa shape index (κ1) is 12.3. The number of rotatable bonds is 3. The number of nitrogens with zero attached hydrogens (tertiary/aromatic N) is 1. The summed E-state index contributed by atoms with van der Waals surface area (Å²) in [4.78, 5) is 2.37. The lowest BCUT2D eigenvalue weighted by Crippen LogP contribution is -2.35. The van der Waals surface area contributed by atoms with Gasteiger partial charge in [-0.05, 0) is 43.5 Å². The quantitative estimate of drug-likeness (QED) is 0.806. The summed E-state index contributed by atoms with van der Waals surface area (Å²) in [6.45, 7) is 3.45. The van der Waals surface area contributed by atoms with Gasteiger partial charge in [-0.25, -0.2) is 0 Å². The molecule has 0 aromatic heterocycles. The highest BCUT2D eigenvalue weighted by molar-refractivity contribution is 5.37. The molecule has 0 unspecified atom stereocenters. The van der Waals surface area contributed by atoms with Crippen LogP contribution in [0.25, 0.3) is 0 Å². The van der Waals surface area contributed by atoms with Crippen LogP contribution in [0.1, 0.15) is 25.0 Å². The van der Waals surface area contributed by atoms with Gasteiger partial charge in [-0.2, -0.15) is 8.78 Å². The van der Waals surface area contributed by atoms with Gasteiger partial charge in [0.05, 0.1) is 0 Å². The second kappa shape index (κ2) is 5.00. The average molecular weight is 241 g/mol. The number of benzene rings is 1. The Bertz CT molecular complexity index is 393. The van der Waals surface area contributed by atoms with Gasteiger partial charge in [0.15, 0.2) is 0 Å². The molecule has 0 radical (unpaired) electrons. The lowest BCUT2D eigenvalue weighted by Gasteiger charge is -2.32. The highest BCUT2D eigenvalue weighted by Gasteiger charge is 2.19. The molecule has 1 heterocycles. The van der Waals surface area contributed by atoms with Gasteiger partial charge in [0.2, 0.25) is 0 Å². The number of hydrogen-bond acceptors (Lipinski definition) is 2. The summed E-state index contributed by atoms with van der Waals surface area (Å²) >= 11 is 0. The van der Waals surface area contributed by atoms with E-state index in [2.05, 4.69) is 23.5 Å². The smallest absolute Gasteiger partial charge is 0.387 e. The highest BCUT2D eigenvalue weighted by atomic mass is 19.3. The summed E-state index contributed by atoms with van der Waals surface area (Å²) in [6, 6.07) is 5.76. The second-order valence-corrected chi connectivity index (χ2v) is 4.62. The van der Waals surface area contributed by atoms with E-state index >= 15 is 0 Å². The Kier molecular flexibility index (Phi) is 3.62. The SMILES string of the molecule is CC(C)N1CCc2cc(OC(F)F)ccc2C1. The molecule has 0 atom stereocenters. The lowest BCUT2D eigenvalue weighted by molar-refractivity contribution is -0.0499. The largest absolute Gasteiger partial charge is 0.435 e. The molecule has 0 aliphatic carbocycles. The predicted molar refractivity (Wildman–Crippen MR) is 62.3 cm³/mol. The first-order chi connectivity index (χ1) is 8.06. The van der Waals surface area contributed by atoms with Gasteiger partial charge in [0.25, 0.3) is 0 Å². The van der Waals surface area contributed by atoms with E-state index in [4.69, 9.17) is 0 Å². The van der Waals surface area contributed by atoms with E-state index in [1.54, 1.807) is 12.1 Å². The van der Waals surface area contributed by atoms with Crippen molar-refractivity contribution >= 4 is 0 Å². The molecule has 1 aliphatic rings. The van der Waals surface area contributed by atoms with E-state index in [1.807, 2.05) is 6.07 Å². The standard InChI is InChI=1S/C13H17F2NO/c1-9(2)16-6-5-10-7-12(17-13(14)15)4-3-11(10)8-16/h3-4,7,9,13H,5-6,8H2,1-2H3. The van der Waals surface area contributed by atoms with Crippen LogP contribution in [-0.2, 0) is 13.0 Å². The normalized spacial score (nSPS) is 16.4. The molecular formula is C13H17F2NO. The average Bonchev–Trinajstić information content (AvgIpc) is 2.27. The molecular weight excluding hydrogens is 224 g/mol. The highest BCUT2D eigenvalue weighted by Crippen LogP contribution is 2.25. The topological polar surface area (TPSA) is 12.5 Å². The van der Waals surface area contributed by atoms with Crippen molar-refractivity contribution < 1.29 is 13.5 Å². The molecule has 2 nitrogen and oxygen atoms in total. The van der Waals surface area contributed by atoms with Crippen molar-refractivity contribution in [2.75, 3.05) is 6.54 Å². The van der Waals surface area contributed by atoms with Crippen molar-refractivity contribution in [1.82, 2.24) is 4.90 Å². The van der Waals surface area contributed by atoms with Crippen LogP contribution in [-0.4, -0.2) is 24.1 Å². The van der Waals surface area contributed by atoms with Crippen LogP contribution in [0.15, 0.2) is 18.2 Å². The molecule has 2 rings (SSSR count). The van der Waals surface area contributed by atoms with E-state index in [9.17, 15) is 8.78 Å². The maximum absolute atomic E-state index is 12.1. The van der Waals surface area contributed by atoms with Crippen LogP contribution < -0.4 is 4.74 Å². The van der Waals surface area contributed by atoms with Crippen LogP contribution in [0.5, 0.6) is 5.75 Å². The molecule has 0 spiro atoms. The third kappa shape index (κ3) is 2.94. The molecule has 0 bridgehead atoms. The summed E-state index contributed by atoms with van der Waals surface area (Å²) in [7, 11) is 0. The fraction of sp³-hybridized carbons (Fsp3) is 0.538. The fourth-order valence-electron chi connectivity index (χ4n) is 2.17. The van der Waals surface area contributed by atoms with Crippen molar-refractivity contribution in [1.29, 1.82) is 0 Å². The Hall–Kier alpha value is -1.16. The first-order valence-corrected chi connectivity index (χ1v) is 5.87. The summed E-state index contributed by atoms with van der Waals surface area (Å²) in [5, 5.41) is 0. The van der Waals surface area contributed by atoms with Crippen LogP contribution in [0.4, 0.5) is 8.78 Å². The molecule has 0 amide bonds. The van der Waals surface area contributed by atoms with Gasteiger partial charge in [-0.1, -0.05) is 6.07 Å². The number of ether oxygens (including phenoxy) is 1. The van der Waals surface area contributed by atoms with Crippen molar-refractivity contribution in [3.05, 3.63) is 29.3 Å². The van der Waals surface area contributed by atoms with E-state index in [-0.39, 0.29) is 5.75 Å². The van der Waals surface area contributed by atoms with Gasteiger partial charge in [0.1, 0.15) is 5.75 Å². The second-order valence-electron chi connectivity index (χ2n) is 4.62. The molecule has 1 aliphatic heterocycles. The van der Waals surface area contributed by atoms with Gasteiger partial charge in [-0.15, -0.1) is 0 Å². The molecule has 0 saturated heterocycles. The summed E-state index contributed by atoms with van der Waals surface area (Å²) in [6.07, 6.45) is 0.897. The molecule has 94 valence electrons. The number of fused-ring (bicyclic) bond motifs is 1. The zero-order chi connectivity index (χ0) is 12.4. The van der Waals surface area contributed by atoms with Crippen LogP contribution in [0.3, 0.4) is 0 Å². The molecule has 1 aromatic carbocycles. The van der Waals surface area contributed by atoms with E-state index in [0.717, 1.165) is 25.1 Å². The minimum absolute atomic E-state index is 0.261. The van der Waals surface area contributed by atoms with E-state index in [1.165, 1.54) is 5.56 Å². The van der Waals surface area contributed by atoms with E-state index < -0.39 is 6.61 Å². The van der Waals surface area contributed by atoms with Crippen molar-refractivity contribution in [2.45, 2.75) is 39.5 Å². The zero-order valence-corrected chi connectivity index (χ0v) is 10.1. The molecule has 17 heavy (non-hydrogen) atoms.